The minimum Gasteiger partial charge on any atom is -0.352 e. The molecule has 0 spiro atoms. The quantitative estimate of drug-likeness (QED) is 0.419. The third kappa shape index (κ3) is 4.03. The number of hydrogen-bond donors (Lipinski definition) is 0. The maximum Gasteiger partial charge on any atom is 0.254 e. The number of halogens is 1. The van der Waals surface area contributed by atoms with E-state index in [1.165, 1.54) is 10.8 Å². The lowest BCUT2D eigenvalue weighted by Gasteiger charge is -2.35. The molecule has 1 aliphatic heterocycles. The first-order valence-electron chi connectivity index (χ1n) is 10.3. The number of nitrogens with zero attached hydrogens (tertiary/aromatic N) is 4. The lowest BCUT2D eigenvalue weighted by Crippen LogP contribution is -2.49. The molecule has 1 fully saturated rings. The van der Waals surface area contributed by atoms with Crippen LogP contribution in [-0.2, 0) is 0 Å². The summed E-state index contributed by atoms with van der Waals surface area (Å²) in [7, 11) is 0. The highest BCUT2D eigenvalue weighted by Crippen LogP contribution is 2.27. The maximum absolute atomic E-state index is 12.8. The van der Waals surface area contributed by atoms with Crippen molar-refractivity contribution in [2.45, 2.75) is 0 Å². The second-order valence-corrected chi connectivity index (χ2v) is 8.51. The van der Waals surface area contributed by atoms with Crippen LogP contribution in [0.25, 0.3) is 22.0 Å². The fraction of sp³-hybridized carbons (Fsp3) is 0.160. The van der Waals surface area contributed by atoms with Gasteiger partial charge in [0.25, 0.3) is 5.91 Å². The molecule has 1 amide bonds. The molecule has 0 radical (unpaired) electrons. The Balaban J connectivity index is 1.29. The Kier molecular flexibility index (Phi) is 5.38. The van der Waals surface area contributed by atoms with Gasteiger partial charge in [-0.15, -0.1) is 10.2 Å². The molecule has 3 aromatic carbocycles. The standard InChI is InChI=1S/C25H21BrN4O/c26-20-8-3-7-19(17-20)25(31)30-15-13-29(14-16-30)24-12-11-23(27-28-24)22-10-4-6-18-5-1-2-9-21(18)22/h1-12,17H,13-16H2. The van der Waals surface area contributed by atoms with E-state index in [-0.39, 0.29) is 5.91 Å². The van der Waals surface area contributed by atoms with Crippen LogP contribution in [0.5, 0.6) is 0 Å². The number of carbonyl (C=O) groups excluding carboxylic acids is 1. The first-order chi connectivity index (χ1) is 15.2. The molecule has 1 saturated heterocycles. The van der Waals surface area contributed by atoms with E-state index < -0.39 is 0 Å². The van der Waals surface area contributed by atoms with Crippen molar-refractivity contribution in [2.75, 3.05) is 31.1 Å². The van der Waals surface area contributed by atoms with Crippen LogP contribution in [0.4, 0.5) is 5.82 Å². The van der Waals surface area contributed by atoms with E-state index in [1.54, 1.807) is 0 Å². The van der Waals surface area contributed by atoms with Gasteiger partial charge in [-0.05, 0) is 41.1 Å². The van der Waals surface area contributed by atoms with Gasteiger partial charge in [-0.25, -0.2) is 0 Å². The predicted molar refractivity (Wildman–Crippen MR) is 127 cm³/mol. The van der Waals surface area contributed by atoms with E-state index in [0.29, 0.717) is 18.7 Å². The number of rotatable bonds is 3. The van der Waals surface area contributed by atoms with Crippen LogP contribution >= 0.6 is 15.9 Å². The number of benzene rings is 3. The van der Waals surface area contributed by atoms with Gasteiger partial charge < -0.3 is 9.80 Å². The fourth-order valence-electron chi connectivity index (χ4n) is 4.03. The Morgan fingerprint density at radius 2 is 1.58 bits per heavy atom. The highest BCUT2D eigenvalue weighted by atomic mass is 79.9. The van der Waals surface area contributed by atoms with Gasteiger partial charge in [-0.1, -0.05) is 64.5 Å². The van der Waals surface area contributed by atoms with Gasteiger partial charge in [0.1, 0.15) is 0 Å². The van der Waals surface area contributed by atoms with Gasteiger partial charge in [0.2, 0.25) is 0 Å². The molecule has 2 heterocycles. The minimum absolute atomic E-state index is 0.0679. The Morgan fingerprint density at radius 3 is 2.35 bits per heavy atom. The van der Waals surface area contributed by atoms with E-state index in [2.05, 4.69) is 61.4 Å². The third-order valence-electron chi connectivity index (χ3n) is 5.68. The zero-order chi connectivity index (χ0) is 21.2. The molecule has 5 nitrogen and oxygen atoms in total. The van der Waals surface area contributed by atoms with Crippen LogP contribution in [0.2, 0.25) is 0 Å². The number of carbonyl (C=O) groups is 1. The van der Waals surface area contributed by atoms with E-state index in [1.807, 2.05) is 53.4 Å². The highest BCUT2D eigenvalue weighted by Gasteiger charge is 2.23. The van der Waals surface area contributed by atoms with E-state index in [0.717, 1.165) is 34.6 Å². The molecule has 31 heavy (non-hydrogen) atoms. The fourth-order valence-corrected chi connectivity index (χ4v) is 4.43. The molecule has 1 aliphatic rings. The first kappa shape index (κ1) is 19.7. The van der Waals surface area contributed by atoms with Crippen LogP contribution < -0.4 is 4.90 Å². The van der Waals surface area contributed by atoms with Gasteiger partial charge in [0, 0.05) is 41.8 Å². The molecule has 6 heteroatoms. The number of aromatic nitrogens is 2. The van der Waals surface area contributed by atoms with Crippen molar-refractivity contribution < 1.29 is 4.79 Å². The monoisotopic (exact) mass is 472 g/mol. The van der Waals surface area contributed by atoms with Gasteiger partial charge >= 0.3 is 0 Å². The van der Waals surface area contributed by atoms with Gasteiger partial charge in [0.15, 0.2) is 5.82 Å². The summed E-state index contributed by atoms with van der Waals surface area (Å²) in [4.78, 5) is 16.8. The second kappa shape index (κ2) is 8.47. The zero-order valence-electron chi connectivity index (χ0n) is 16.9. The van der Waals surface area contributed by atoms with Crippen LogP contribution in [0.15, 0.2) is 83.3 Å². The average molecular weight is 473 g/mol. The molecule has 0 N–H and O–H groups in total. The Bertz CT molecular complexity index is 1230. The summed E-state index contributed by atoms with van der Waals surface area (Å²) in [6.07, 6.45) is 0. The molecule has 4 aromatic rings. The van der Waals surface area contributed by atoms with Crippen molar-refractivity contribution in [1.29, 1.82) is 0 Å². The Labute approximate surface area is 189 Å². The molecular formula is C25H21BrN4O. The largest absolute Gasteiger partial charge is 0.352 e. The first-order valence-corrected chi connectivity index (χ1v) is 11.1. The molecule has 0 atom stereocenters. The van der Waals surface area contributed by atoms with Gasteiger partial charge in [0.05, 0.1) is 5.69 Å². The molecule has 5 rings (SSSR count). The number of anilines is 1. The number of amides is 1. The number of piperazine rings is 1. The van der Waals surface area contributed by atoms with Crippen molar-refractivity contribution in [3.05, 3.63) is 88.9 Å². The van der Waals surface area contributed by atoms with E-state index in [9.17, 15) is 4.79 Å². The average Bonchev–Trinajstić information content (AvgIpc) is 2.83. The summed E-state index contributed by atoms with van der Waals surface area (Å²) >= 11 is 3.44. The molecular weight excluding hydrogens is 452 g/mol. The third-order valence-corrected chi connectivity index (χ3v) is 6.17. The van der Waals surface area contributed by atoms with Crippen molar-refractivity contribution in [2.24, 2.45) is 0 Å². The predicted octanol–water partition coefficient (Wildman–Crippen LogP) is 5.02. The normalized spacial score (nSPS) is 14.1. The highest BCUT2D eigenvalue weighted by molar-refractivity contribution is 9.10. The summed E-state index contributed by atoms with van der Waals surface area (Å²) in [5.41, 5.74) is 2.66. The number of hydrogen-bond acceptors (Lipinski definition) is 4. The topological polar surface area (TPSA) is 49.3 Å². The van der Waals surface area contributed by atoms with Crippen LogP contribution in [0.3, 0.4) is 0 Å². The van der Waals surface area contributed by atoms with Crippen LogP contribution in [0.1, 0.15) is 10.4 Å². The van der Waals surface area contributed by atoms with Crippen molar-refractivity contribution >= 4 is 38.4 Å². The van der Waals surface area contributed by atoms with Crippen LogP contribution in [-0.4, -0.2) is 47.2 Å². The summed E-state index contributed by atoms with van der Waals surface area (Å²) in [6.45, 7) is 2.81. The van der Waals surface area contributed by atoms with Gasteiger partial charge in [-0.2, -0.15) is 0 Å². The second-order valence-electron chi connectivity index (χ2n) is 7.59. The Morgan fingerprint density at radius 1 is 0.806 bits per heavy atom. The van der Waals surface area contributed by atoms with Crippen LogP contribution in [0, 0.1) is 0 Å². The molecule has 0 unspecified atom stereocenters. The number of fused-ring (bicyclic) bond motifs is 1. The van der Waals surface area contributed by atoms with Crippen molar-refractivity contribution in [3.63, 3.8) is 0 Å². The lowest BCUT2D eigenvalue weighted by molar-refractivity contribution is 0.0746. The summed E-state index contributed by atoms with van der Waals surface area (Å²) in [5.74, 6) is 0.914. The SMILES string of the molecule is O=C(c1cccc(Br)c1)N1CCN(c2ccc(-c3cccc4ccccc34)nn2)CC1. The lowest BCUT2D eigenvalue weighted by atomic mass is 10.0. The summed E-state index contributed by atoms with van der Waals surface area (Å²) in [6, 6.07) is 26.1. The maximum atomic E-state index is 12.8. The minimum atomic E-state index is 0.0679. The van der Waals surface area contributed by atoms with Crippen molar-refractivity contribution in [3.8, 4) is 11.3 Å². The van der Waals surface area contributed by atoms with Crippen molar-refractivity contribution in [1.82, 2.24) is 15.1 Å². The molecule has 1 aromatic heterocycles. The van der Waals surface area contributed by atoms with E-state index >= 15 is 0 Å². The zero-order valence-corrected chi connectivity index (χ0v) is 18.5. The summed E-state index contributed by atoms with van der Waals surface area (Å²) in [5, 5.41) is 11.4. The van der Waals surface area contributed by atoms with Gasteiger partial charge in [-0.3, -0.25) is 4.79 Å². The molecule has 0 saturated carbocycles. The molecule has 0 bridgehead atoms. The Hall–Kier alpha value is -3.25. The van der Waals surface area contributed by atoms with E-state index in [4.69, 9.17) is 0 Å². The summed E-state index contributed by atoms with van der Waals surface area (Å²) < 4.78 is 0.915. The molecule has 154 valence electrons. The molecule has 0 aliphatic carbocycles. The smallest absolute Gasteiger partial charge is 0.254 e.